The first-order valence-electron chi connectivity index (χ1n) is 8.72. The molecule has 0 saturated heterocycles. The molecule has 0 bridgehead atoms. The first-order valence-corrected chi connectivity index (χ1v) is 9.09. The van der Waals surface area contributed by atoms with Crippen LogP contribution in [0.25, 0.3) is 5.57 Å². The standard InChI is InChI=1S/C22H12ClF3N2O2/c23-13-3-1-12(2-4-13)19-20(27-16-8-5-14(24)6-9-16)22(30)28(21(19)29)18-10-7-15(25)11-17(18)26/h1-11,27H. The van der Waals surface area contributed by atoms with Gasteiger partial charge in [-0.3, -0.25) is 9.59 Å². The molecule has 3 aromatic rings. The van der Waals surface area contributed by atoms with Crippen molar-refractivity contribution in [2.45, 2.75) is 0 Å². The highest BCUT2D eigenvalue weighted by molar-refractivity contribution is 6.46. The minimum absolute atomic E-state index is 0.0234. The Balaban J connectivity index is 1.83. The summed E-state index contributed by atoms with van der Waals surface area (Å²) in [5, 5.41) is 3.24. The number of nitrogens with zero attached hydrogens (tertiary/aromatic N) is 1. The van der Waals surface area contributed by atoms with E-state index in [1.54, 1.807) is 12.1 Å². The smallest absolute Gasteiger partial charge is 0.282 e. The van der Waals surface area contributed by atoms with Gasteiger partial charge in [0.15, 0.2) is 0 Å². The molecule has 0 atom stereocenters. The Morgan fingerprint density at radius 1 is 0.767 bits per heavy atom. The minimum Gasteiger partial charge on any atom is -0.350 e. The van der Waals surface area contributed by atoms with Gasteiger partial charge in [0.25, 0.3) is 11.8 Å². The number of halogens is 4. The van der Waals surface area contributed by atoms with Crippen LogP contribution in [0.4, 0.5) is 24.5 Å². The van der Waals surface area contributed by atoms with Crippen molar-refractivity contribution in [1.29, 1.82) is 0 Å². The number of hydrogen-bond donors (Lipinski definition) is 1. The van der Waals surface area contributed by atoms with E-state index in [-0.39, 0.29) is 17.0 Å². The second-order valence-electron chi connectivity index (χ2n) is 6.43. The number of carbonyl (C=O) groups is 2. The van der Waals surface area contributed by atoms with E-state index in [1.807, 2.05) is 0 Å². The molecule has 30 heavy (non-hydrogen) atoms. The molecule has 0 aromatic heterocycles. The first kappa shape index (κ1) is 19.7. The molecule has 4 rings (SSSR count). The highest BCUT2D eigenvalue weighted by Crippen LogP contribution is 2.35. The molecule has 0 spiro atoms. The number of hydrogen-bond acceptors (Lipinski definition) is 3. The van der Waals surface area contributed by atoms with Gasteiger partial charge in [-0.15, -0.1) is 0 Å². The molecule has 1 N–H and O–H groups in total. The largest absolute Gasteiger partial charge is 0.350 e. The van der Waals surface area contributed by atoms with E-state index in [2.05, 4.69) is 5.32 Å². The van der Waals surface area contributed by atoms with Crippen molar-refractivity contribution in [2.24, 2.45) is 0 Å². The van der Waals surface area contributed by atoms with Crippen molar-refractivity contribution in [1.82, 2.24) is 0 Å². The summed E-state index contributed by atoms with van der Waals surface area (Å²) in [6.07, 6.45) is 0. The summed E-state index contributed by atoms with van der Waals surface area (Å²) >= 11 is 5.91. The van der Waals surface area contributed by atoms with Crippen molar-refractivity contribution in [3.8, 4) is 0 Å². The quantitative estimate of drug-likeness (QED) is 0.584. The lowest BCUT2D eigenvalue weighted by Gasteiger charge is -2.16. The summed E-state index contributed by atoms with van der Waals surface area (Å²) in [6.45, 7) is 0. The van der Waals surface area contributed by atoms with Crippen LogP contribution in [-0.2, 0) is 9.59 Å². The average Bonchev–Trinajstić information content (AvgIpc) is 2.95. The van der Waals surface area contributed by atoms with E-state index in [0.29, 0.717) is 27.2 Å². The maximum atomic E-state index is 14.3. The van der Waals surface area contributed by atoms with Gasteiger partial charge in [0.2, 0.25) is 0 Å². The monoisotopic (exact) mass is 428 g/mol. The molecule has 1 aliphatic rings. The number of anilines is 2. The molecule has 1 aliphatic heterocycles. The van der Waals surface area contributed by atoms with E-state index in [0.717, 1.165) is 12.1 Å². The van der Waals surface area contributed by atoms with Gasteiger partial charge >= 0.3 is 0 Å². The summed E-state index contributed by atoms with van der Waals surface area (Å²) in [5.41, 5.74) is 0.184. The SMILES string of the molecule is O=C1C(Nc2ccc(F)cc2)=C(c2ccc(Cl)cc2)C(=O)N1c1ccc(F)cc1F. The molecular weight excluding hydrogens is 417 g/mol. The zero-order valence-corrected chi connectivity index (χ0v) is 15.9. The Kier molecular flexibility index (Phi) is 5.05. The fourth-order valence-corrected chi connectivity index (χ4v) is 3.21. The van der Waals surface area contributed by atoms with Crippen LogP contribution in [0.1, 0.15) is 5.56 Å². The maximum absolute atomic E-state index is 14.3. The topological polar surface area (TPSA) is 49.4 Å². The second-order valence-corrected chi connectivity index (χ2v) is 6.87. The highest BCUT2D eigenvalue weighted by atomic mass is 35.5. The highest BCUT2D eigenvalue weighted by Gasteiger charge is 2.41. The van der Waals surface area contributed by atoms with E-state index in [4.69, 9.17) is 11.6 Å². The number of rotatable bonds is 4. The number of amides is 2. The molecule has 0 saturated carbocycles. The van der Waals surface area contributed by atoms with Gasteiger partial charge in [0.1, 0.15) is 23.1 Å². The van der Waals surface area contributed by atoms with Gasteiger partial charge in [0.05, 0.1) is 11.3 Å². The molecule has 8 heteroatoms. The van der Waals surface area contributed by atoms with Crippen LogP contribution in [-0.4, -0.2) is 11.8 Å². The van der Waals surface area contributed by atoms with Crippen LogP contribution in [0.3, 0.4) is 0 Å². The molecule has 150 valence electrons. The van der Waals surface area contributed by atoms with Gasteiger partial charge in [-0.25, -0.2) is 18.1 Å². The lowest BCUT2D eigenvalue weighted by atomic mass is 10.0. The predicted molar refractivity (Wildman–Crippen MR) is 107 cm³/mol. The van der Waals surface area contributed by atoms with Crippen molar-refractivity contribution >= 4 is 40.4 Å². The van der Waals surface area contributed by atoms with Crippen LogP contribution < -0.4 is 10.2 Å². The van der Waals surface area contributed by atoms with Crippen molar-refractivity contribution < 1.29 is 22.8 Å². The van der Waals surface area contributed by atoms with Gasteiger partial charge in [0, 0.05) is 16.8 Å². The van der Waals surface area contributed by atoms with Crippen LogP contribution in [0.2, 0.25) is 5.02 Å². The number of imide groups is 1. The summed E-state index contributed by atoms with van der Waals surface area (Å²) in [4.78, 5) is 26.9. The molecule has 4 nitrogen and oxygen atoms in total. The lowest BCUT2D eigenvalue weighted by molar-refractivity contribution is -0.120. The van der Waals surface area contributed by atoms with Gasteiger partial charge in [-0.2, -0.15) is 0 Å². The Hall–Kier alpha value is -3.58. The third kappa shape index (κ3) is 3.55. The zero-order chi connectivity index (χ0) is 21.4. The molecule has 0 unspecified atom stereocenters. The van der Waals surface area contributed by atoms with Gasteiger partial charge < -0.3 is 5.32 Å². The van der Waals surface area contributed by atoms with Crippen molar-refractivity contribution in [2.75, 3.05) is 10.2 Å². The maximum Gasteiger partial charge on any atom is 0.282 e. The third-order valence-electron chi connectivity index (χ3n) is 4.48. The van der Waals surface area contributed by atoms with E-state index >= 15 is 0 Å². The molecule has 0 radical (unpaired) electrons. The summed E-state index contributed by atoms with van der Waals surface area (Å²) in [5.74, 6) is -4.01. The molecule has 0 aliphatic carbocycles. The molecule has 3 aromatic carbocycles. The van der Waals surface area contributed by atoms with Crippen molar-refractivity contribution in [3.63, 3.8) is 0 Å². The number of nitrogens with one attached hydrogen (secondary N) is 1. The Morgan fingerprint density at radius 2 is 1.40 bits per heavy atom. The fraction of sp³-hybridized carbons (Fsp3) is 0. The molecular formula is C22H12ClF3N2O2. The fourth-order valence-electron chi connectivity index (χ4n) is 3.09. The normalized spacial score (nSPS) is 13.9. The van der Waals surface area contributed by atoms with E-state index < -0.39 is 29.3 Å². The number of benzene rings is 3. The Labute approximate surface area is 174 Å². The van der Waals surface area contributed by atoms with Crippen LogP contribution in [0.15, 0.2) is 72.4 Å². The molecule has 1 heterocycles. The first-order chi connectivity index (χ1) is 14.3. The predicted octanol–water partition coefficient (Wildman–Crippen LogP) is 5.15. The van der Waals surface area contributed by atoms with Crippen LogP contribution in [0.5, 0.6) is 0 Å². The molecule has 0 fully saturated rings. The van der Waals surface area contributed by atoms with Gasteiger partial charge in [-0.1, -0.05) is 23.7 Å². The summed E-state index contributed by atoms with van der Waals surface area (Å²) < 4.78 is 40.9. The second kappa shape index (κ2) is 7.68. The van der Waals surface area contributed by atoms with E-state index in [9.17, 15) is 22.8 Å². The minimum atomic E-state index is -1.06. The average molecular weight is 429 g/mol. The molecule has 2 amide bonds. The van der Waals surface area contributed by atoms with Crippen LogP contribution >= 0.6 is 11.6 Å². The Morgan fingerprint density at radius 3 is 2.03 bits per heavy atom. The van der Waals surface area contributed by atoms with Gasteiger partial charge in [-0.05, 0) is 54.1 Å². The summed E-state index contributed by atoms with van der Waals surface area (Å²) in [7, 11) is 0. The Bertz CT molecular complexity index is 1190. The van der Waals surface area contributed by atoms with E-state index in [1.165, 1.54) is 36.4 Å². The van der Waals surface area contributed by atoms with Crippen molar-refractivity contribution in [3.05, 3.63) is 100 Å². The van der Waals surface area contributed by atoms with Crippen LogP contribution in [0, 0.1) is 17.5 Å². The third-order valence-corrected chi connectivity index (χ3v) is 4.73. The lowest BCUT2D eigenvalue weighted by Crippen LogP contribution is -2.33. The summed E-state index contributed by atoms with van der Waals surface area (Å²) in [6, 6.07) is 13.9. The number of carbonyl (C=O) groups excluding carboxylic acids is 2. The zero-order valence-electron chi connectivity index (χ0n) is 15.1.